The first kappa shape index (κ1) is 15.0. The predicted molar refractivity (Wildman–Crippen MR) is 85.4 cm³/mol. The Bertz CT molecular complexity index is 821. The van der Waals surface area contributed by atoms with Crippen LogP contribution in [-0.4, -0.2) is 20.4 Å². The number of furan rings is 1. The minimum absolute atomic E-state index is 0.134. The largest absolute Gasteiger partial charge is 0.466 e. The number of pyridine rings is 1. The van der Waals surface area contributed by atoms with Crippen LogP contribution in [0.3, 0.4) is 0 Å². The van der Waals surface area contributed by atoms with Crippen LogP contribution in [0.15, 0.2) is 47.5 Å². The van der Waals surface area contributed by atoms with E-state index in [2.05, 4.69) is 15.3 Å². The minimum atomic E-state index is -0.153. The number of carbonyl (C=O) groups is 1. The van der Waals surface area contributed by atoms with Crippen molar-refractivity contribution in [3.8, 4) is 5.82 Å². The van der Waals surface area contributed by atoms with Gasteiger partial charge >= 0.3 is 0 Å². The van der Waals surface area contributed by atoms with Crippen LogP contribution < -0.4 is 5.32 Å². The summed E-state index contributed by atoms with van der Waals surface area (Å²) >= 11 is 0. The summed E-state index contributed by atoms with van der Waals surface area (Å²) in [5.74, 6) is 2.16. The Hall–Kier alpha value is -2.89. The molecule has 0 saturated carbocycles. The van der Waals surface area contributed by atoms with E-state index in [-0.39, 0.29) is 11.9 Å². The average molecular weight is 310 g/mol. The number of aromatic nitrogens is 3. The topological polar surface area (TPSA) is 73.0 Å². The Morgan fingerprint density at radius 3 is 2.78 bits per heavy atom. The van der Waals surface area contributed by atoms with E-state index in [1.165, 1.54) is 0 Å². The van der Waals surface area contributed by atoms with Crippen molar-refractivity contribution in [3.05, 3.63) is 65.8 Å². The number of imidazole rings is 1. The Balaban J connectivity index is 1.78. The van der Waals surface area contributed by atoms with Crippen LogP contribution in [-0.2, 0) is 0 Å². The second-order valence-electron chi connectivity index (χ2n) is 5.44. The molecule has 0 spiro atoms. The van der Waals surface area contributed by atoms with Gasteiger partial charge in [-0.2, -0.15) is 0 Å². The molecule has 1 N–H and O–H groups in total. The number of rotatable bonds is 4. The van der Waals surface area contributed by atoms with E-state index in [1.54, 1.807) is 41.6 Å². The van der Waals surface area contributed by atoms with E-state index >= 15 is 0 Å². The molecule has 0 aliphatic carbocycles. The summed E-state index contributed by atoms with van der Waals surface area (Å²) in [6.45, 7) is 5.73. The zero-order valence-corrected chi connectivity index (χ0v) is 13.3. The number of carbonyl (C=O) groups excluding carboxylic acids is 1. The number of hydrogen-bond acceptors (Lipinski definition) is 4. The van der Waals surface area contributed by atoms with Crippen molar-refractivity contribution >= 4 is 5.91 Å². The van der Waals surface area contributed by atoms with Crippen molar-refractivity contribution in [2.75, 3.05) is 0 Å². The number of aryl methyl sites for hydroxylation is 2. The first-order valence-corrected chi connectivity index (χ1v) is 7.37. The first-order chi connectivity index (χ1) is 11.0. The third-order valence-corrected chi connectivity index (χ3v) is 3.67. The number of nitrogens with one attached hydrogen (secondary N) is 1. The highest BCUT2D eigenvalue weighted by atomic mass is 16.3. The van der Waals surface area contributed by atoms with Crippen LogP contribution in [0.1, 0.15) is 40.4 Å². The summed E-state index contributed by atoms with van der Waals surface area (Å²) in [4.78, 5) is 20.7. The van der Waals surface area contributed by atoms with Crippen LogP contribution >= 0.6 is 0 Å². The maximum absolute atomic E-state index is 12.5. The third-order valence-electron chi connectivity index (χ3n) is 3.67. The molecule has 3 aromatic rings. The van der Waals surface area contributed by atoms with Gasteiger partial charge in [0.25, 0.3) is 5.91 Å². The number of hydrogen-bond donors (Lipinski definition) is 1. The van der Waals surface area contributed by atoms with Gasteiger partial charge < -0.3 is 9.73 Å². The summed E-state index contributed by atoms with van der Waals surface area (Å²) < 4.78 is 7.27. The van der Waals surface area contributed by atoms with E-state index in [9.17, 15) is 4.79 Å². The summed E-state index contributed by atoms with van der Waals surface area (Å²) in [5.41, 5.74) is 1.54. The van der Waals surface area contributed by atoms with Gasteiger partial charge in [-0.1, -0.05) is 0 Å². The molecule has 0 fully saturated rings. The number of amides is 1. The van der Waals surface area contributed by atoms with Crippen LogP contribution in [0.4, 0.5) is 0 Å². The molecular weight excluding hydrogens is 292 g/mol. The molecule has 0 radical (unpaired) electrons. The molecule has 1 amide bonds. The molecule has 0 aliphatic heterocycles. The molecule has 6 nitrogen and oxygen atoms in total. The summed E-state index contributed by atoms with van der Waals surface area (Å²) in [6.07, 6.45) is 6.71. The van der Waals surface area contributed by atoms with E-state index in [4.69, 9.17) is 4.42 Å². The quantitative estimate of drug-likeness (QED) is 0.804. The second-order valence-corrected chi connectivity index (χ2v) is 5.44. The molecule has 0 aromatic carbocycles. The van der Waals surface area contributed by atoms with Crippen molar-refractivity contribution < 1.29 is 9.21 Å². The van der Waals surface area contributed by atoms with Crippen molar-refractivity contribution in [2.24, 2.45) is 0 Å². The highest BCUT2D eigenvalue weighted by Gasteiger charge is 2.16. The summed E-state index contributed by atoms with van der Waals surface area (Å²) in [6, 6.07) is 5.24. The standard InChI is InChI=1S/C17H18N4O2/c1-11-8-15(13(3)23-11)12(2)20-17(22)14-4-5-19-16(9-14)21-7-6-18-10-21/h4-10,12H,1-3H3,(H,20,22)/t12-/m1/s1. The van der Waals surface area contributed by atoms with Crippen LogP contribution in [0.5, 0.6) is 0 Å². The lowest BCUT2D eigenvalue weighted by molar-refractivity contribution is 0.0939. The first-order valence-electron chi connectivity index (χ1n) is 7.37. The van der Waals surface area contributed by atoms with Gasteiger partial charge in [0.1, 0.15) is 23.7 Å². The molecule has 3 aromatic heterocycles. The second kappa shape index (κ2) is 6.08. The lowest BCUT2D eigenvalue weighted by Crippen LogP contribution is -2.27. The van der Waals surface area contributed by atoms with Gasteiger partial charge in [0.05, 0.1) is 6.04 Å². The Morgan fingerprint density at radius 1 is 1.30 bits per heavy atom. The molecule has 0 bridgehead atoms. The fourth-order valence-electron chi connectivity index (χ4n) is 2.53. The predicted octanol–water partition coefficient (Wildman–Crippen LogP) is 2.97. The van der Waals surface area contributed by atoms with E-state index in [1.807, 2.05) is 26.8 Å². The maximum atomic E-state index is 12.5. The van der Waals surface area contributed by atoms with Gasteiger partial charge in [-0.05, 0) is 39.0 Å². The normalized spacial score (nSPS) is 12.1. The van der Waals surface area contributed by atoms with Crippen LogP contribution in [0.25, 0.3) is 5.82 Å². The molecular formula is C17H18N4O2. The van der Waals surface area contributed by atoms with Crippen molar-refractivity contribution in [3.63, 3.8) is 0 Å². The van der Waals surface area contributed by atoms with Gasteiger partial charge in [-0.15, -0.1) is 0 Å². The van der Waals surface area contributed by atoms with Crippen molar-refractivity contribution in [1.82, 2.24) is 19.9 Å². The van der Waals surface area contributed by atoms with E-state index in [0.717, 1.165) is 17.1 Å². The van der Waals surface area contributed by atoms with E-state index in [0.29, 0.717) is 11.4 Å². The van der Waals surface area contributed by atoms with Gasteiger partial charge in [0, 0.05) is 29.7 Å². The minimum Gasteiger partial charge on any atom is -0.466 e. The highest BCUT2D eigenvalue weighted by molar-refractivity contribution is 5.94. The molecule has 0 saturated heterocycles. The summed E-state index contributed by atoms with van der Waals surface area (Å²) in [7, 11) is 0. The van der Waals surface area contributed by atoms with Crippen molar-refractivity contribution in [2.45, 2.75) is 26.8 Å². The lowest BCUT2D eigenvalue weighted by atomic mass is 10.1. The molecule has 1 atom stereocenters. The van der Waals surface area contributed by atoms with Gasteiger partial charge in [0.2, 0.25) is 0 Å². The maximum Gasteiger partial charge on any atom is 0.251 e. The van der Waals surface area contributed by atoms with Gasteiger partial charge in [0.15, 0.2) is 0 Å². The zero-order valence-electron chi connectivity index (χ0n) is 13.3. The Labute approximate surface area is 134 Å². The Morgan fingerprint density at radius 2 is 2.13 bits per heavy atom. The zero-order chi connectivity index (χ0) is 16.4. The lowest BCUT2D eigenvalue weighted by Gasteiger charge is -2.13. The van der Waals surface area contributed by atoms with Gasteiger partial charge in [-0.25, -0.2) is 9.97 Å². The Kier molecular flexibility index (Phi) is 3.97. The smallest absolute Gasteiger partial charge is 0.251 e. The molecule has 0 unspecified atom stereocenters. The molecule has 0 aliphatic rings. The monoisotopic (exact) mass is 310 g/mol. The van der Waals surface area contributed by atoms with Crippen LogP contribution in [0.2, 0.25) is 0 Å². The fourth-order valence-corrected chi connectivity index (χ4v) is 2.53. The number of nitrogens with zero attached hydrogens (tertiary/aromatic N) is 3. The third kappa shape index (κ3) is 3.15. The summed E-state index contributed by atoms with van der Waals surface area (Å²) in [5, 5.41) is 2.99. The molecule has 23 heavy (non-hydrogen) atoms. The molecule has 3 rings (SSSR count). The highest BCUT2D eigenvalue weighted by Crippen LogP contribution is 2.21. The fraction of sp³-hybridized carbons (Fsp3) is 0.235. The molecule has 6 heteroatoms. The average Bonchev–Trinajstić information content (AvgIpc) is 3.17. The van der Waals surface area contributed by atoms with E-state index < -0.39 is 0 Å². The van der Waals surface area contributed by atoms with Gasteiger partial charge in [-0.3, -0.25) is 9.36 Å². The van der Waals surface area contributed by atoms with Crippen molar-refractivity contribution in [1.29, 1.82) is 0 Å². The molecule has 3 heterocycles. The van der Waals surface area contributed by atoms with Crippen LogP contribution in [0, 0.1) is 13.8 Å². The molecule has 118 valence electrons. The SMILES string of the molecule is Cc1cc([C@@H](C)NC(=O)c2ccnc(-n3ccnc3)c2)c(C)o1.